The zero-order valence-electron chi connectivity index (χ0n) is 8.47. The number of alkyl halides is 3. The number of hydrogen-bond acceptors (Lipinski definition) is 3. The molecule has 7 heteroatoms. The van der Waals surface area contributed by atoms with Crippen LogP contribution in [0.3, 0.4) is 0 Å². The molecule has 0 atom stereocenters. The second-order valence-electron chi connectivity index (χ2n) is 3.45. The highest BCUT2D eigenvalue weighted by atomic mass is 32.2. The monoisotopic (exact) mass is 246 g/mol. The molecule has 0 saturated carbocycles. The van der Waals surface area contributed by atoms with Crippen molar-refractivity contribution in [2.75, 3.05) is 0 Å². The summed E-state index contributed by atoms with van der Waals surface area (Å²) < 4.78 is 60.3. The van der Waals surface area contributed by atoms with Crippen molar-refractivity contribution in [2.24, 2.45) is 5.92 Å². The Bertz CT molecular complexity index is 317. The zero-order valence-corrected chi connectivity index (χ0v) is 9.28. The molecule has 0 aromatic carbocycles. The standard InChI is InChI=1S/C8H13F3O3S/c1-6(2)4-5-7(3)14-15(12,13)8(9,10)11/h6H,3-5H2,1-2H3. The van der Waals surface area contributed by atoms with Crippen LogP contribution in [0, 0.1) is 5.92 Å². The van der Waals surface area contributed by atoms with Crippen molar-refractivity contribution >= 4 is 10.1 Å². The average molecular weight is 246 g/mol. The van der Waals surface area contributed by atoms with Gasteiger partial charge in [0.15, 0.2) is 0 Å². The van der Waals surface area contributed by atoms with Gasteiger partial charge in [0, 0.05) is 6.42 Å². The van der Waals surface area contributed by atoms with Gasteiger partial charge < -0.3 is 4.18 Å². The third-order valence-electron chi connectivity index (χ3n) is 1.51. The molecule has 0 bridgehead atoms. The lowest BCUT2D eigenvalue weighted by molar-refractivity contribution is -0.0523. The van der Waals surface area contributed by atoms with E-state index in [1.54, 1.807) is 0 Å². The summed E-state index contributed by atoms with van der Waals surface area (Å²) in [4.78, 5) is 0. The van der Waals surface area contributed by atoms with Gasteiger partial charge in [-0.05, 0) is 12.3 Å². The minimum Gasteiger partial charge on any atom is -0.381 e. The quantitative estimate of drug-likeness (QED) is 0.425. The van der Waals surface area contributed by atoms with Gasteiger partial charge in [-0.15, -0.1) is 0 Å². The molecule has 0 aromatic rings. The maximum atomic E-state index is 11.8. The molecule has 0 amide bonds. The summed E-state index contributed by atoms with van der Waals surface area (Å²) in [6, 6.07) is 0. The lowest BCUT2D eigenvalue weighted by Gasteiger charge is -2.11. The largest absolute Gasteiger partial charge is 0.534 e. The molecule has 3 nitrogen and oxygen atoms in total. The smallest absolute Gasteiger partial charge is 0.381 e. The van der Waals surface area contributed by atoms with Crippen LogP contribution < -0.4 is 0 Å². The van der Waals surface area contributed by atoms with E-state index in [2.05, 4.69) is 10.8 Å². The van der Waals surface area contributed by atoms with E-state index in [0.29, 0.717) is 6.42 Å². The Kier molecular flexibility index (Phi) is 4.64. The van der Waals surface area contributed by atoms with Crippen LogP contribution in [0.4, 0.5) is 13.2 Å². The van der Waals surface area contributed by atoms with Crippen molar-refractivity contribution in [1.29, 1.82) is 0 Å². The molecular formula is C8H13F3O3S. The second-order valence-corrected chi connectivity index (χ2v) is 4.99. The van der Waals surface area contributed by atoms with Gasteiger partial charge in [-0.1, -0.05) is 20.4 Å². The summed E-state index contributed by atoms with van der Waals surface area (Å²) in [6.07, 6.45) is 0.610. The summed E-state index contributed by atoms with van der Waals surface area (Å²) in [7, 11) is -5.54. The van der Waals surface area contributed by atoms with E-state index >= 15 is 0 Å². The minimum atomic E-state index is -5.54. The molecule has 0 radical (unpaired) electrons. The molecule has 0 unspecified atom stereocenters. The molecule has 0 saturated heterocycles. The molecule has 0 aliphatic carbocycles. The summed E-state index contributed by atoms with van der Waals surface area (Å²) in [5, 5.41) is 0. The van der Waals surface area contributed by atoms with Gasteiger partial charge in [0.25, 0.3) is 0 Å². The van der Waals surface area contributed by atoms with Crippen molar-refractivity contribution in [3.63, 3.8) is 0 Å². The van der Waals surface area contributed by atoms with Crippen molar-refractivity contribution in [3.8, 4) is 0 Å². The fraction of sp³-hybridized carbons (Fsp3) is 0.750. The fourth-order valence-corrected chi connectivity index (χ4v) is 1.18. The highest BCUT2D eigenvalue weighted by Gasteiger charge is 2.48. The molecule has 0 rings (SSSR count). The number of hydrogen-bond donors (Lipinski definition) is 0. The average Bonchev–Trinajstić information content (AvgIpc) is 1.97. The molecule has 0 fully saturated rings. The van der Waals surface area contributed by atoms with Crippen LogP contribution in [0.2, 0.25) is 0 Å². The van der Waals surface area contributed by atoms with Gasteiger partial charge in [0.1, 0.15) is 5.76 Å². The van der Waals surface area contributed by atoms with E-state index in [1.807, 2.05) is 13.8 Å². The topological polar surface area (TPSA) is 43.4 Å². The fourth-order valence-electron chi connectivity index (χ4n) is 0.694. The lowest BCUT2D eigenvalue weighted by atomic mass is 10.1. The first kappa shape index (κ1) is 14.3. The Balaban J connectivity index is 4.31. The highest BCUT2D eigenvalue weighted by Crippen LogP contribution is 2.27. The Morgan fingerprint density at radius 2 is 1.87 bits per heavy atom. The summed E-state index contributed by atoms with van der Waals surface area (Å²) in [5.74, 6) is -0.153. The van der Waals surface area contributed by atoms with Gasteiger partial charge in [-0.3, -0.25) is 0 Å². The van der Waals surface area contributed by atoms with Crippen molar-refractivity contribution < 1.29 is 25.8 Å². The zero-order chi connectivity index (χ0) is 12.3. The predicted octanol–water partition coefficient (Wildman–Crippen LogP) is 2.80. The Labute approximate surface area is 87.0 Å². The first-order chi connectivity index (χ1) is 6.56. The number of allylic oxidation sites excluding steroid dienone is 1. The minimum absolute atomic E-state index is 0.0903. The molecule has 0 spiro atoms. The van der Waals surface area contributed by atoms with Crippen LogP contribution in [0.15, 0.2) is 12.3 Å². The Morgan fingerprint density at radius 3 is 2.20 bits per heavy atom. The number of halogens is 3. The van der Waals surface area contributed by atoms with Gasteiger partial charge in [0.05, 0.1) is 0 Å². The third-order valence-corrected chi connectivity index (χ3v) is 2.53. The van der Waals surface area contributed by atoms with Gasteiger partial charge in [-0.2, -0.15) is 21.6 Å². The van der Waals surface area contributed by atoms with Crippen LogP contribution >= 0.6 is 0 Å². The summed E-state index contributed by atoms with van der Waals surface area (Å²) >= 11 is 0. The van der Waals surface area contributed by atoms with E-state index in [0.717, 1.165) is 0 Å². The molecule has 0 heterocycles. The van der Waals surface area contributed by atoms with Crippen molar-refractivity contribution in [2.45, 2.75) is 32.2 Å². The Hall–Kier alpha value is -0.720. The first-order valence-electron chi connectivity index (χ1n) is 4.25. The van der Waals surface area contributed by atoms with Crippen molar-refractivity contribution in [1.82, 2.24) is 0 Å². The number of rotatable bonds is 5. The third kappa shape index (κ3) is 5.06. The summed E-state index contributed by atoms with van der Waals surface area (Å²) in [5.41, 5.74) is -5.40. The molecule has 90 valence electrons. The summed E-state index contributed by atoms with van der Waals surface area (Å²) in [6.45, 7) is 6.83. The van der Waals surface area contributed by atoms with Crippen LogP contribution in [-0.4, -0.2) is 13.9 Å². The van der Waals surface area contributed by atoms with Gasteiger partial charge in [-0.25, -0.2) is 0 Å². The molecule has 15 heavy (non-hydrogen) atoms. The molecule has 0 aliphatic rings. The van der Waals surface area contributed by atoms with Gasteiger partial charge in [0.2, 0.25) is 0 Å². The van der Waals surface area contributed by atoms with E-state index in [4.69, 9.17) is 0 Å². The lowest BCUT2D eigenvalue weighted by Crippen LogP contribution is -2.25. The molecule has 0 aromatic heterocycles. The molecule has 0 N–H and O–H groups in total. The SMILES string of the molecule is C=C(CCC(C)C)OS(=O)(=O)C(F)(F)F. The maximum absolute atomic E-state index is 11.8. The van der Waals surface area contributed by atoms with E-state index in [9.17, 15) is 21.6 Å². The van der Waals surface area contributed by atoms with Crippen LogP contribution in [-0.2, 0) is 14.3 Å². The predicted molar refractivity (Wildman–Crippen MR) is 49.3 cm³/mol. The first-order valence-corrected chi connectivity index (χ1v) is 5.65. The van der Waals surface area contributed by atoms with Crippen LogP contribution in [0.25, 0.3) is 0 Å². The van der Waals surface area contributed by atoms with Gasteiger partial charge >= 0.3 is 15.6 Å². The molecular weight excluding hydrogens is 233 g/mol. The highest BCUT2D eigenvalue weighted by molar-refractivity contribution is 7.87. The maximum Gasteiger partial charge on any atom is 0.534 e. The van der Waals surface area contributed by atoms with E-state index in [-0.39, 0.29) is 18.1 Å². The normalized spacial score (nSPS) is 12.9. The van der Waals surface area contributed by atoms with E-state index in [1.165, 1.54) is 0 Å². The van der Waals surface area contributed by atoms with Crippen LogP contribution in [0.5, 0.6) is 0 Å². The van der Waals surface area contributed by atoms with Crippen LogP contribution in [0.1, 0.15) is 26.7 Å². The molecule has 0 aliphatic heterocycles. The van der Waals surface area contributed by atoms with Crippen molar-refractivity contribution in [3.05, 3.63) is 12.3 Å². The second kappa shape index (κ2) is 4.87. The van der Waals surface area contributed by atoms with E-state index < -0.39 is 15.6 Å². The Morgan fingerprint density at radius 1 is 1.40 bits per heavy atom.